The highest BCUT2D eigenvalue weighted by Crippen LogP contribution is 2.04. The molecule has 0 radical (unpaired) electrons. The lowest BCUT2D eigenvalue weighted by Gasteiger charge is -2.30. The number of hydrogen-bond acceptors (Lipinski definition) is 3. The van der Waals surface area contributed by atoms with Crippen molar-refractivity contribution in [1.29, 1.82) is 0 Å². The Labute approximate surface area is 104 Å². The fraction of sp³-hybridized carbons (Fsp3) is 0.500. The van der Waals surface area contributed by atoms with Crippen molar-refractivity contribution in [3.05, 3.63) is 35.4 Å². The van der Waals surface area contributed by atoms with E-state index in [1.165, 1.54) is 11.1 Å². The average molecular weight is 231 g/mol. The van der Waals surface area contributed by atoms with Crippen LogP contribution in [0.15, 0.2) is 29.4 Å². The van der Waals surface area contributed by atoms with Gasteiger partial charge in [-0.05, 0) is 24.6 Å². The van der Waals surface area contributed by atoms with E-state index in [2.05, 4.69) is 53.2 Å². The summed E-state index contributed by atoms with van der Waals surface area (Å²) in [5.74, 6) is 0. The summed E-state index contributed by atoms with van der Waals surface area (Å²) in [5.41, 5.74) is 2.56. The molecule has 2 rings (SSSR count). The van der Waals surface area contributed by atoms with Crippen molar-refractivity contribution >= 4 is 6.21 Å². The number of nitrogens with zero attached hydrogens (tertiary/aromatic N) is 3. The summed E-state index contributed by atoms with van der Waals surface area (Å²) in [6, 6.07) is 8.62. The number of benzene rings is 1. The van der Waals surface area contributed by atoms with Crippen molar-refractivity contribution < 1.29 is 0 Å². The van der Waals surface area contributed by atoms with Crippen LogP contribution in [0.4, 0.5) is 0 Å². The van der Waals surface area contributed by atoms with Gasteiger partial charge in [0.15, 0.2) is 0 Å². The second-order valence-corrected chi connectivity index (χ2v) is 4.60. The Balaban J connectivity index is 1.90. The number of rotatable bonds is 3. The van der Waals surface area contributed by atoms with Gasteiger partial charge in [0.05, 0.1) is 6.21 Å². The van der Waals surface area contributed by atoms with Crippen LogP contribution in [0.1, 0.15) is 18.1 Å². The maximum absolute atomic E-state index is 4.53. The highest BCUT2D eigenvalue weighted by molar-refractivity contribution is 5.79. The zero-order valence-electron chi connectivity index (χ0n) is 10.8. The molecule has 1 aromatic carbocycles. The molecule has 0 atom stereocenters. The van der Waals surface area contributed by atoms with Crippen molar-refractivity contribution in [2.24, 2.45) is 5.10 Å². The van der Waals surface area contributed by atoms with Gasteiger partial charge in [0.1, 0.15) is 0 Å². The van der Waals surface area contributed by atoms with Crippen LogP contribution in [0, 0.1) is 0 Å². The fourth-order valence-corrected chi connectivity index (χ4v) is 1.90. The number of hydrazone groups is 1. The Hall–Kier alpha value is -1.35. The maximum Gasteiger partial charge on any atom is 0.0542 e. The minimum atomic E-state index is 1.03. The van der Waals surface area contributed by atoms with E-state index in [-0.39, 0.29) is 0 Å². The first-order valence-electron chi connectivity index (χ1n) is 6.34. The molecular formula is C14H21N3. The first kappa shape index (κ1) is 12.1. The second kappa shape index (κ2) is 5.82. The topological polar surface area (TPSA) is 18.8 Å². The maximum atomic E-state index is 4.53. The van der Waals surface area contributed by atoms with E-state index in [4.69, 9.17) is 0 Å². The summed E-state index contributed by atoms with van der Waals surface area (Å²) >= 11 is 0. The molecular weight excluding hydrogens is 210 g/mol. The summed E-state index contributed by atoms with van der Waals surface area (Å²) in [6.45, 7) is 6.44. The third-order valence-corrected chi connectivity index (χ3v) is 3.24. The van der Waals surface area contributed by atoms with Crippen LogP contribution in [0.3, 0.4) is 0 Å². The Bertz CT molecular complexity index is 362. The molecule has 0 unspecified atom stereocenters. The molecule has 1 aliphatic heterocycles. The average Bonchev–Trinajstić information content (AvgIpc) is 2.39. The van der Waals surface area contributed by atoms with Crippen molar-refractivity contribution in [3.63, 3.8) is 0 Å². The summed E-state index contributed by atoms with van der Waals surface area (Å²) in [5, 5.41) is 6.67. The van der Waals surface area contributed by atoms with Crippen molar-refractivity contribution in [2.45, 2.75) is 13.3 Å². The van der Waals surface area contributed by atoms with Gasteiger partial charge in [-0.15, -0.1) is 0 Å². The zero-order valence-corrected chi connectivity index (χ0v) is 10.8. The number of likely N-dealkylation sites (N-methyl/N-ethyl adjacent to an activating group) is 1. The number of aryl methyl sites for hydroxylation is 1. The fourth-order valence-electron chi connectivity index (χ4n) is 1.90. The summed E-state index contributed by atoms with van der Waals surface area (Å²) in [4.78, 5) is 2.34. The summed E-state index contributed by atoms with van der Waals surface area (Å²) in [6.07, 6.45) is 3.06. The molecule has 17 heavy (non-hydrogen) atoms. The van der Waals surface area contributed by atoms with E-state index in [1.807, 2.05) is 6.21 Å². The van der Waals surface area contributed by atoms with Gasteiger partial charge in [-0.25, -0.2) is 0 Å². The van der Waals surface area contributed by atoms with Crippen LogP contribution >= 0.6 is 0 Å². The van der Waals surface area contributed by atoms with Crippen LogP contribution < -0.4 is 0 Å². The molecule has 0 N–H and O–H groups in total. The van der Waals surface area contributed by atoms with Crippen molar-refractivity contribution in [2.75, 3.05) is 33.2 Å². The van der Waals surface area contributed by atoms with E-state index in [1.54, 1.807) is 0 Å². The van der Waals surface area contributed by atoms with Gasteiger partial charge in [-0.3, -0.25) is 5.01 Å². The Morgan fingerprint density at radius 2 is 1.76 bits per heavy atom. The monoisotopic (exact) mass is 231 g/mol. The Kier molecular flexibility index (Phi) is 4.15. The van der Waals surface area contributed by atoms with Crippen LogP contribution in [-0.4, -0.2) is 49.4 Å². The third-order valence-electron chi connectivity index (χ3n) is 3.24. The van der Waals surface area contributed by atoms with Gasteiger partial charge in [0, 0.05) is 26.2 Å². The van der Waals surface area contributed by atoms with Gasteiger partial charge in [0.25, 0.3) is 0 Å². The molecule has 0 bridgehead atoms. The van der Waals surface area contributed by atoms with E-state index in [0.29, 0.717) is 0 Å². The molecule has 0 aromatic heterocycles. The molecule has 1 heterocycles. The van der Waals surface area contributed by atoms with Gasteiger partial charge in [-0.2, -0.15) is 5.10 Å². The molecule has 1 fully saturated rings. The Morgan fingerprint density at radius 1 is 1.12 bits per heavy atom. The van der Waals surface area contributed by atoms with Crippen LogP contribution in [0.25, 0.3) is 0 Å². The molecule has 1 aromatic rings. The highest BCUT2D eigenvalue weighted by atomic mass is 15.5. The van der Waals surface area contributed by atoms with E-state index in [0.717, 1.165) is 32.6 Å². The molecule has 0 amide bonds. The lowest BCUT2D eigenvalue weighted by molar-refractivity contribution is 0.159. The van der Waals surface area contributed by atoms with Crippen LogP contribution in [-0.2, 0) is 6.42 Å². The minimum Gasteiger partial charge on any atom is -0.303 e. The predicted molar refractivity (Wildman–Crippen MR) is 72.5 cm³/mol. The molecule has 0 saturated carbocycles. The minimum absolute atomic E-state index is 1.03. The SMILES string of the molecule is CCc1ccc(/C=N\N2CCN(C)CC2)cc1. The first-order chi connectivity index (χ1) is 8.28. The highest BCUT2D eigenvalue weighted by Gasteiger charge is 2.10. The molecule has 3 nitrogen and oxygen atoms in total. The van der Waals surface area contributed by atoms with E-state index >= 15 is 0 Å². The number of hydrogen-bond donors (Lipinski definition) is 0. The largest absolute Gasteiger partial charge is 0.303 e. The van der Waals surface area contributed by atoms with E-state index < -0.39 is 0 Å². The predicted octanol–water partition coefficient (Wildman–Crippen LogP) is 1.83. The van der Waals surface area contributed by atoms with E-state index in [9.17, 15) is 0 Å². The van der Waals surface area contributed by atoms with Crippen molar-refractivity contribution in [1.82, 2.24) is 9.91 Å². The van der Waals surface area contributed by atoms with Crippen molar-refractivity contribution in [3.8, 4) is 0 Å². The molecule has 0 spiro atoms. The Morgan fingerprint density at radius 3 is 2.35 bits per heavy atom. The molecule has 92 valence electrons. The van der Waals surface area contributed by atoms with Crippen LogP contribution in [0.5, 0.6) is 0 Å². The quantitative estimate of drug-likeness (QED) is 0.739. The number of piperazine rings is 1. The van der Waals surface area contributed by atoms with Crippen LogP contribution in [0.2, 0.25) is 0 Å². The molecule has 0 aliphatic carbocycles. The zero-order chi connectivity index (χ0) is 12.1. The van der Waals surface area contributed by atoms with Gasteiger partial charge in [-0.1, -0.05) is 31.2 Å². The molecule has 1 aliphatic rings. The van der Waals surface area contributed by atoms with Gasteiger partial charge < -0.3 is 4.90 Å². The lowest BCUT2D eigenvalue weighted by atomic mass is 10.1. The smallest absolute Gasteiger partial charge is 0.0542 e. The second-order valence-electron chi connectivity index (χ2n) is 4.60. The normalized spacial score (nSPS) is 17.9. The third kappa shape index (κ3) is 3.56. The standard InChI is InChI=1S/C14H21N3/c1-3-13-4-6-14(7-5-13)12-15-17-10-8-16(2)9-11-17/h4-7,12H,3,8-11H2,1-2H3/b15-12-. The summed E-state index contributed by atoms with van der Waals surface area (Å²) < 4.78 is 0. The molecule has 3 heteroatoms. The van der Waals surface area contributed by atoms with Gasteiger partial charge in [0.2, 0.25) is 0 Å². The first-order valence-corrected chi connectivity index (χ1v) is 6.34. The summed E-state index contributed by atoms with van der Waals surface area (Å²) in [7, 11) is 2.16. The molecule has 1 saturated heterocycles. The van der Waals surface area contributed by atoms with Gasteiger partial charge >= 0.3 is 0 Å². The lowest BCUT2D eigenvalue weighted by Crippen LogP contribution is -2.41.